The standard InChI is InChI=1S/C12H11F3N2O2S/c1-19-10(18)4-5-16-11-17-8-6-7(12(13,14)15)2-3-9(8)20-11/h2-3,6H,4-5H2,1H3,(H,16,17). The first kappa shape index (κ1) is 14.6. The molecule has 0 radical (unpaired) electrons. The van der Waals surface area contributed by atoms with Crippen molar-refractivity contribution in [3.05, 3.63) is 23.8 Å². The van der Waals surface area contributed by atoms with E-state index in [0.29, 0.717) is 16.4 Å². The number of nitrogens with zero attached hydrogens (tertiary/aromatic N) is 1. The number of nitrogens with one attached hydrogen (secondary N) is 1. The molecule has 0 aliphatic heterocycles. The fraction of sp³-hybridized carbons (Fsp3) is 0.333. The Morgan fingerprint density at radius 3 is 2.85 bits per heavy atom. The van der Waals surface area contributed by atoms with Gasteiger partial charge in [0, 0.05) is 6.54 Å². The summed E-state index contributed by atoms with van der Waals surface area (Å²) in [5.74, 6) is -0.363. The number of fused-ring (bicyclic) bond motifs is 1. The Morgan fingerprint density at radius 2 is 2.20 bits per heavy atom. The number of anilines is 1. The second-order valence-corrected chi connectivity index (χ2v) is 4.98. The molecular formula is C12H11F3N2O2S. The van der Waals surface area contributed by atoms with E-state index in [9.17, 15) is 18.0 Å². The minimum Gasteiger partial charge on any atom is -0.469 e. The predicted molar refractivity (Wildman–Crippen MR) is 69.7 cm³/mol. The summed E-state index contributed by atoms with van der Waals surface area (Å²) in [6, 6.07) is 3.43. The Labute approximate surface area is 116 Å². The van der Waals surface area contributed by atoms with Gasteiger partial charge in [-0.25, -0.2) is 4.98 Å². The number of methoxy groups -OCH3 is 1. The summed E-state index contributed by atoms with van der Waals surface area (Å²) in [6.45, 7) is 0.318. The number of benzene rings is 1. The number of aromatic nitrogens is 1. The van der Waals surface area contributed by atoms with Crippen LogP contribution >= 0.6 is 11.3 Å². The molecular weight excluding hydrogens is 293 g/mol. The van der Waals surface area contributed by atoms with Crippen molar-refractivity contribution in [3.63, 3.8) is 0 Å². The topological polar surface area (TPSA) is 51.2 Å². The molecule has 0 aliphatic rings. The highest BCUT2D eigenvalue weighted by molar-refractivity contribution is 7.22. The van der Waals surface area contributed by atoms with Gasteiger partial charge in [0.05, 0.1) is 29.3 Å². The molecule has 0 bridgehead atoms. The minimum absolute atomic E-state index is 0.167. The quantitative estimate of drug-likeness (QED) is 0.881. The van der Waals surface area contributed by atoms with Crippen LogP contribution in [0.5, 0.6) is 0 Å². The van der Waals surface area contributed by atoms with Crippen molar-refractivity contribution < 1.29 is 22.7 Å². The molecule has 1 N–H and O–H groups in total. The van der Waals surface area contributed by atoms with E-state index in [-0.39, 0.29) is 17.9 Å². The van der Waals surface area contributed by atoms with Gasteiger partial charge in [0.1, 0.15) is 0 Å². The number of halogens is 3. The van der Waals surface area contributed by atoms with Crippen molar-refractivity contribution in [3.8, 4) is 0 Å². The SMILES string of the molecule is COC(=O)CCNc1nc2cc(C(F)(F)F)ccc2s1. The molecule has 1 aromatic heterocycles. The summed E-state index contributed by atoms with van der Waals surface area (Å²) in [6.07, 6.45) is -4.21. The van der Waals surface area contributed by atoms with E-state index in [1.807, 2.05) is 0 Å². The molecule has 0 saturated carbocycles. The monoisotopic (exact) mass is 304 g/mol. The van der Waals surface area contributed by atoms with Crippen molar-refractivity contribution >= 4 is 32.7 Å². The predicted octanol–water partition coefficient (Wildman–Crippen LogP) is 3.29. The number of hydrogen-bond donors (Lipinski definition) is 1. The number of carbonyl (C=O) groups excluding carboxylic acids is 1. The molecule has 0 aliphatic carbocycles. The third kappa shape index (κ3) is 3.38. The molecule has 2 rings (SSSR count). The lowest BCUT2D eigenvalue weighted by atomic mass is 10.2. The third-order valence-electron chi connectivity index (χ3n) is 2.55. The Kier molecular flexibility index (Phi) is 4.12. The summed E-state index contributed by atoms with van der Waals surface area (Å²) in [5.41, 5.74) is -0.443. The summed E-state index contributed by atoms with van der Waals surface area (Å²) >= 11 is 1.23. The first-order valence-electron chi connectivity index (χ1n) is 5.68. The number of thiazole rings is 1. The van der Waals surface area contributed by atoms with E-state index < -0.39 is 11.7 Å². The highest BCUT2D eigenvalue weighted by Crippen LogP contribution is 2.33. The molecule has 0 saturated heterocycles. The van der Waals surface area contributed by atoms with Gasteiger partial charge in [-0.15, -0.1) is 0 Å². The van der Waals surface area contributed by atoms with E-state index >= 15 is 0 Å². The van der Waals surface area contributed by atoms with Crippen LogP contribution in [0, 0.1) is 0 Å². The molecule has 108 valence electrons. The first-order valence-corrected chi connectivity index (χ1v) is 6.50. The van der Waals surface area contributed by atoms with Crippen LogP contribution in [0.1, 0.15) is 12.0 Å². The van der Waals surface area contributed by atoms with Crippen LogP contribution in [0.3, 0.4) is 0 Å². The lowest BCUT2D eigenvalue weighted by Crippen LogP contribution is -2.09. The highest BCUT2D eigenvalue weighted by Gasteiger charge is 2.30. The summed E-state index contributed by atoms with van der Waals surface area (Å²) in [7, 11) is 1.29. The first-order chi connectivity index (χ1) is 9.40. The minimum atomic E-state index is -4.38. The van der Waals surface area contributed by atoms with Crippen LogP contribution in [0.15, 0.2) is 18.2 Å². The molecule has 0 amide bonds. The average molecular weight is 304 g/mol. The number of esters is 1. The molecule has 20 heavy (non-hydrogen) atoms. The van der Waals surface area contributed by atoms with Crippen LogP contribution in [-0.4, -0.2) is 24.6 Å². The molecule has 8 heteroatoms. The highest BCUT2D eigenvalue weighted by atomic mass is 32.1. The summed E-state index contributed by atoms with van der Waals surface area (Å²) < 4.78 is 42.8. The Hall–Kier alpha value is -1.83. The van der Waals surface area contributed by atoms with Gasteiger partial charge < -0.3 is 10.1 Å². The largest absolute Gasteiger partial charge is 0.469 e. The van der Waals surface area contributed by atoms with Gasteiger partial charge in [0.15, 0.2) is 5.13 Å². The molecule has 0 atom stereocenters. The van der Waals surface area contributed by atoms with E-state index in [0.717, 1.165) is 12.1 Å². The smallest absolute Gasteiger partial charge is 0.416 e. The maximum atomic E-state index is 12.6. The van der Waals surface area contributed by atoms with E-state index in [2.05, 4.69) is 15.0 Å². The Bertz CT molecular complexity index is 625. The molecule has 1 aromatic carbocycles. The lowest BCUT2D eigenvalue weighted by molar-refractivity contribution is -0.140. The molecule has 2 aromatic rings. The molecule has 4 nitrogen and oxygen atoms in total. The van der Waals surface area contributed by atoms with Gasteiger partial charge in [-0.1, -0.05) is 11.3 Å². The number of carbonyl (C=O) groups is 1. The molecule has 0 fully saturated rings. The van der Waals surface area contributed by atoms with Gasteiger partial charge in [0.2, 0.25) is 0 Å². The number of rotatable bonds is 4. The zero-order valence-corrected chi connectivity index (χ0v) is 11.3. The van der Waals surface area contributed by atoms with Gasteiger partial charge in [-0.3, -0.25) is 4.79 Å². The fourth-order valence-corrected chi connectivity index (χ4v) is 2.42. The fourth-order valence-electron chi connectivity index (χ4n) is 1.55. The second kappa shape index (κ2) is 5.66. The lowest BCUT2D eigenvalue weighted by Gasteiger charge is -2.04. The van der Waals surface area contributed by atoms with Crippen LogP contribution in [-0.2, 0) is 15.7 Å². The van der Waals surface area contributed by atoms with E-state index in [1.54, 1.807) is 0 Å². The second-order valence-electron chi connectivity index (χ2n) is 3.95. The molecule has 0 unspecified atom stereocenters. The average Bonchev–Trinajstić information content (AvgIpc) is 2.78. The van der Waals surface area contributed by atoms with E-state index in [4.69, 9.17) is 0 Å². The number of alkyl halides is 3. The van der Waals surface area contributed by atoms with Crippen molar-refractivity contribution in [2.45, 2.75) is 12.6 Å². The van der Waals surface area contributed by atoms with Crippen LogP contribution in [0.25, 0.3) is 10.2 Å². The van der Waals surface area contributed by atoms with E-state index in [1.165, 1.54) is 24.5 Å². The number of hydrogen-bond acceptors (Lipinski definition) is 5. The number of ether oxygens (including phenoxy) is 1. The van der Waals surface area contributed by atoms with Gasteiger partial charge in [0.25, 0.3) is 0 Å². The van der Waals surface area contributed by atoms with Crippen molar-refractivity contribution in [2.24, 2.45) is 0 Å². The zero-order chi connectivity index (χ0) is 14.8. The van der Waals surface area contributed by atoms with Gasteiger partial charge in [-0.2, -0.15) is 13.2 Å². The summed E-state index contributed by atoms with van der Waals surface area (Å²) in [4.78, 5) is 15.0. The maximum Gasteiger partial charge on any atom is 0.416 e. The van der Waals surface area contributed by atoms with Gasteiger partial charge in [-0.05, 0) is 18.2 Å². The molecule has 0 spiro atoms. The van der Waals surface area contributed by atoms with Gasteiger partial charge >= 0.3 is 12.1 Å². The summed E-state index contributed by atoms with van der Waals surface area (Å²) in [5, 5.41) is 3.36. The van der Waals surface area contributed by atoms with Crippen molar-refractivity contribution in [1.29, 1.82) is 0 Å². The zero-order valence-electron chi connectivity index (χ0n) is 10.5. The third-order valence-corrected chi connectivity index (χ3v) is 3.54. The van der Waals surface area contributed by atoms with Crippen LogP contribution in [0.2, 0.25) is 0 Å². The maximum absolute atomic E-state index is 12.6. The van der Waals surface area contributed by atoms with Crippen LogP contribution in [0.4, 0.5) is 18.3 Å². The molecule has 1 heterocycles. The Morgan fingerprint density at radius 1 is 1.45 bits per heavy atom. The Balaban J connectivity index is 2.11. The normalized spacial score (nSPS) is 11.6. The van der Waals surface area contributed by atoms with Crippen molar-refractivity contribution in [2.75, 3.05) is 19.0 Å². The van der Waals surface area contributed by atoms with Crippen LogP contribution < -0.4 is 5.32 Å². The van der Waals surface area contributed by atoms with Crippen molar-refractivity contribution in [1.82, 2.24) is 4.98 Å².